The van der Waals surface area contributed by atoms with Gasteiger partial charge in [0.05, 0.1) is 17.7 Å². The van der Waals surface area contributed by atoms with E-state index in [0.29, 0.717) is 23.5 Å². The monoisotopic (exact) mass is 306 g/mol. The van der Waals surface area contributed by atoms with E-state index >= 15 is 0 Å². The smallest absolute Gasteiger partial charge is 0.262 e. The highest BCUT2D eigenvalue weighted by molar-refractivity contribution is 7.92. The van der Waals surface area contributed by atoms with Crippen LogP contribution in [0, 0.1) is 0 Å². The molecule has 0 heterocycles. The number of hydrogen-bond acceptors (Lipinski definition) is 4. The van der Waals surface area contributed by atoms with Crippen LogP contribution in [0.15, 0.2) is 47.4 Å². The molecule has 3 N–H and O–H groups in total. The van der Waals surface area contributed by atoms with Crippen molar-refractivity contribution in [2.45, 2.75) is 18.2 Å². The van der Waals surface area contributed by atoms with Crippen LogP contribution in [0.1, 0.15) is 12.5 Å². The first-order chi connectivity index (χ1) is 9.96. The predicted molar refractivity (Wildman–Crippen MR) is 84.0 cm³/mol. The Balaban J connectivity index is 2.40. The van der Waals surface area contributed by atoms with Gasteiger partial charge in [-0.25, -0.2) is 8.42 Å². The molecular formula is C15H18N2O3S. The van der Waals surface area contributed by atoms with Crippen LogP contribution in [0.5, 0.6) is 5.75 Å². The van der Waals surface area contributed by atoms with Gasteiger partial charge in [-0.3, -0.25) is 4.72 Å². The summed E-state index contributed by atoms with van der Waals surface area (Å²) in [5, 5.41) is 0. The molecule has 0 spiro atoms. The third-order valence-electron chi connectivity index (χ3n) is 3.08. The zero-order chi connectivity index (χ0) is 15.5. The number of ether oxygens (including phenoxy) is 1. The lowest BCUT2D eigenvalue weighted by Gasteiger charge is -2.12. The van der Waals surface area contributed by atoms with E-state index in [4.69, 9.17) is 10.5 Å². The molecule has 0 aliphatic carbocycles. The summed E-state index contributed by atoms with van der Waals surface area (Å²) in [5.74, 6) is 0.582. The number of nitrogens with one attached hydrogen (secondary N) is 1. The zero-order valence-corrected chi connectivity index (χ0v) is 12.8. The molecule has 2 aromatic carbocycles. The normalized spacial score (nSPS) is 11.1. The van der Waals surface area contributed by atoms with Crippen molar-refractivity contribution in [3.63, 3.8) is 0 Å². The van der Waals surface area contributed by atoms with E-state index in [-0.39, 0.29) is 4.90 Å². The largest absolute Gasteiger partial charge is 0.497 e. The highest BCUT2D eigenvalue weighted by atomic mass is 32.2. The molecule has 0 atom stereocenters. The van der Waals surface area contributed by atoms with Crippen LogP contribution < -0.4 is 15.2 Å². The van der Waals surface area contributed by atoms with E-state index in [1.165, 1.54) is 13.2 Å². The molecule has 112 valence electrons. The number of aryl methyl sites for hydroxylation is 1. The van der Waals surface area contributed by atoms with Gasteiger partial charge in [-0.2, -0.15) is 0 Å². The third-order valence-corrected chi connectivity index (χ3v) is 4.55. The second kappa shape index (κ2) is 6.05. The van der Waals surface area contributed by atoms with Gasteiger partial charge >= 0.3 is 0 Å². The molecule has 0 aliphatic rings. The van der Waals surface area contributed by atoms with Crippen molar-refractivity contribution < 1.29 is 13.2 Å². The molecule has 5 nitrogen and oxygen atoms in total. The molecule has 0 amide bonds. The number of methoxy groups -OCH3 is 1. The molecule has 6 heteroatoms. The minimum absolute atomic E-state index is 0.202. The van der Waals surface area contributed by atoms with Crippen molar-refractivity contribution in [3.05, 3.63) is 48.0 Å². The van der Waals surface area contributed by atoms with E-state index in [1.807, 2.05) is 6.92 Å². The SMILES string of the molecule is CCc1ccc(N)cc1S(=O)(=O)Nc1cccc(OC)c1. The minimum Gasteiger partial charge on any atom is -0.497 e. The molecule has 2 aromatic rings. The number of rotatable bonds is 5. The first-order valence-electron chi connectivity index (χ1n) is 6.51. The van der Waals surface area contributed by atoms with Crippen LogP contribution in [0.25, 0.3) is 0 Å². The summed E-state index contributed by atoms with van der Waals surface area (Å²) in [6.45, 7) is 1.90. The van der Waals surface area contributed by atoms with Gasteiger partial charge in [-0.1, -0.05) is 19.1 Å². The first-order valence-corrected chi connectivity index (χ1v) is 8.00. The Morgan fingerprint density at radius 2 is 1.95 bits per heavy atom. The molecule has 0 bridgehead atoms. The zero-order valence-electron chi connectivity index (χ0n) is 12.0. The van der Waals surface area contributed by atoms with E-state index in [9.17, 15) is 8.42 Å². The summed E-state index contributed by atoms with van der Waals surface area (Å²) in [6.07, 6.45) is 0.606. The summed E-state index contributed by atoms with van der Waals surface area (Å²) in [7, 11) is -2.16. The summed E-state index contributed by atoms with van der Waals surface area (Å²) in [6, 6.07) is 11.7. The molecule has 0 fully saturated rings. The maximum Gasteiger partial charge on any atom is 0.262 e. The van der Waals surface area contributed by atoms with Crippen molar-refractivity contribution in [1.29, 1.82) is 0 Å². The summed E-state index contributed by atoms with van der Waals surface area (Å²) >= 11 is 0. The van der Waals surface area contributed by atoms with Crippen molar-refractivity contribution in [2.75, 3.05) is 17.6 Å². The van der Waals surface area contributed by atoms with Gasteiger partial charge < -0.3 is 10.5 Å². The van der Waals surface area contributed by atoms with Crippen LogP contribution in [-0.4, -0.2) is 15.5 Å². The van der Waals surface area contributed by atoms with Gasteiger partial charge in [-0.15, -0.1) is 0 Å². The van der Waals surface area contributed by atoms with Gasteiger partial charge in [0.25, 0.3) is 10.0 Å². The highest BCUT2D eigenvalue weighted by Gasteiger charge is 2.18. The van der Waals surface area contributed by atoms with Crippen LogP contribution in [0.3, 0.4) is 0 Å². The fourth-order valence-corrected chi connectivity index (χ4v) is 3.41. The molecule has 0 saturated carbocycles. The summed E-state index contributed by atoms with van der Waals surface area (Å²) in [5.41, 5.74) is 7.29. The van der Waals surface area contributed by atoms with E-state index in [1.54, 1.807) is 36.4 Å². The molecular weight excluding hydrogens is 288 g/mol. The Morgan fingerprint density at radius 1 is 1.19 bits per heavy atom. The number of hydrogen-bond donors (Lipinski definition) is 2. The van der Waals surface area contributed by atoms with E-state index in [0.717, 1.165) is 5.56 Å². The average Bonchev–Trinajstić information content (AvgIpc) is 2.47. The van der Waals surface area contributed by atoms with Gasteiger partial charge in [-0.05, 0) is 36.2 Å². The number of anilines is 2. The van der Waals surface area contributed by atoms with Crippen LogP contribution in [0.4, 0.5) is 11.4 Å². The minimum atomic E-state index is -3.69. The van der Waals surface area contributed by atoms with Gasteiger partial charge in [0.2, 0.25) is 0 Å². The van der Waals surface area contributed by atoms with Gasteiger partial charge in [0.1, 0.15) is 5.75 Å². The number of sulfonamides is 1. The molecule has 0 unspecified atom stereocenters. The van der Waals surface area contributed by atoms with Crippen LogP contribution >= 0.6 is 0 Å². The Kier molecular flexibility index (Phi) is 4.37. The van der Waals surface area contributed by atoms with Crippen molar-refractivity contribution in [3.8, 4) is 5.75 Å². The number of nitrogens with two attached hydrogens (primary N) is 1. The molecule has 0 saturated heterocycles. The summed E-state index contributed by atoms with van der Waals surface area (Å²) < 4.78 is 32.7. The van der Waals surface area contributed by atoms with Crippen LogP contribution in [0.2, 0.25) is 0 Å². The standard InChI is InChI=1S/C15H18N2O3S/c1-3-11-7-8-12(16)9-15(11)21(18,19)17-13-5-4-6-14(10-13)20-2/h4-10,17H,3,16H2,1-2H3. The lowest BCUT2D eigenvalue weighted by Crippen LogP contribution is -2.15. The van der Waals surface area contributed by atoms with Crippen molar-refractivity contribution in [2.24, 2.45) is 0 Å². The predicted octanol–water partition coefficient (Wildman–Crippen LogP) is 2.64. The first kappa shape index (κ1) is 15.2. The Bertz CT molecular complexity index is 742. The number of nitrogen functional groups attached to an aromatic ring is 1. The topological polar surface area (TPSA) is 81.4 Å². The van der Waals surface area contributed by atoms with E-state index in [2.05, 4.69) is 4.72 Å². The summed E-state index contributed by atoms with van der Waals surface area (Å²) in [4.78, 5) is 0.202. The van der Waals surface area contributed by atoms with Gasteiger partial charge in [0.15, 0.2) is 0 Å². The maximum absolute atomic E-state index is 12.5. The molecule has 0 aromatic heterocycles. The van der Waals surface area contributed by atoms with E-state index < -0.39 is 10.0 Å². The Hall–Kier alpha value is -2.21. The van der Waals surface area contributed by atoms with Crippen LogP contribution in [-0.2, 0) is 16.4 Å². The Labute approximate surface area is 124 Å². The average molecular weight is 306 g/mol. The lowest BCUT2D eigenvalue weighted by atomic mass is 10.1. The second-order valence-corrected chi connectivity index (χ2v) is 6.21. The molecule has 21 heavy (non-hydrogen) atoms. The molecule has 0 aliphatic heterocycles. The third kappa shape index (κ3) is 3.46. The fourth-order valence-electron chi connectivity index (χ4n) is 2.01. The highest BCUT2D eigenvalue weighted by Crippen LogP contribution is 2.24. The number of benzene rings is 2. The molecule has 2 rings (SSSR count). The quantitative estimate of drug-likeness (QED) is 0.832. The maximum atomic E-state index is 12.5. The fraction of sp³-hybridized carbons (Fsp3) is 0.200. The lowest BCUT2D eigenvalue weighted by molar-refractivity contribution is 0.415. The van der Waals surface area contributed by atoms with Crippen molar-refractivity contribution in [1.82, 2.24) is 0 Å². The molecule has 0 radical (unpaired) electrons. The Morgan fingerprint density at radius 3 is 2.62 bits per heavy atom. The second-order valence-electron chi connectivity index (χ2n) is 4.56. The van der Waals surface area contributed by atoms with Crippen molar-refractivity contribution >= 4 is 21.4 Å². The van der Waals surface area contributed by atoms with Gasteiger partial charge in [0, 0.05) is 11.8 Å².